The van der Waals surface area contributed by atoms with Crippen molar-refractivity contribution in [3.8, 4) is 0 Å². The predicted octanol–water partition coefficient (Wildman–Crippen LogP) is 7.13. The maximum absolute atomic E-state index is 13.4. The lowest BCUT2D eigenvalue weighted by molar-refractivity contribution is 0.0696. The number of carbonyl (C=O) groups is 2. The lowest BCUT2D eigenvalue weighted by Crippen LogP contribution is -2.37. The average molecular weight is 486 g/mol. The highest BCUT2D eigenvalue weighted by atomic mass is 16.4. The van der Waals surface area contributed by atoms with Crippen LogP contribution in [0.4, 0.5) is 0 Å². The SMILES string of the molecule is CC(C)N1CC=C(c2cc(C(=O)/C=C/c3ccc(C(=O)O)cc3)cc3c2C(C)(C)CCC3(C)C)CC1. The van der Waals surface area contributed by atoms with Gasteiger partial charge < -0.3 is 5.11 Å². The first-order valence-corrected chi connectivity index (χ1v) is 13.1. The monoisotopic (exact) mass is 485 g/mol. The van der Waals surface area contributed by atoms with Crippen molar-refractivity contribution in [2.24, 2.45) is 0 Å². The fourth-order valence-electron chi connectivity index (χ4n) is 5.59. The number of fused-ring (bicyclic) bond motifs is 1. The minimum Gasteiger partial charge on any atom is -0.478 e. The van der Waals surface area contributed by atoms with E-state index in [0.717, 1.165) is 43.5 Å². The van der Waals surface area contributed by atoms with Crippen molar-refractivity contribution >= 4 is 23.4 Å². The molecule has 0 saturated carbocycles. The van der Waals surface area contributed by atoms with Gasteiger partial charge in [-0.15, -0.1) is 0 Å². The second-order valence-corrected chi connectivity index (χ2v) is 11.9. The first kappa shape index (κ1) is 26.1. The number of rotatable bonds is 6. The second-order valence-electron chi connectivity index (χ2n) is 11.9. The zero-order valence-corrected chi connectivity index (χ0v) is 22.5. The zero-order chi connectivity index (χ0) is 26.3. The number of hydrogen-bond acceptors (Lipinski definition) is 3. The van der Waals surface area contributed by atoms with Gasteiger partial charge in [-0.2, -0.15) is 0 Å². The van der Waals surface area contributed by atoms with Crippen molar-refractivity contribution in [1.82, 2.24) is 4.90 Å². The van der Waals surface area contributed by atoms with Gasteiger partial charge >= 0.3 is 5.97 Å². The molecule has 4 heteroatoms. The van der Waals surface area contributed by atoms with Crippen molar-refractivity contribution < 1.29 is 14.7 Å². The van der Waals surface area contributed by atoms with Gasteiger partial charge in [-0.3, -0.25) is 9.69 Å². The quantitative estimate of drug-likeness (QED) is 0.349. The van der Waals surface area contributed by atoms with Gasteiger partial charge in [0.15, 0.2) is 5.78 Å². The van der Waals surface area contributed by atoms with Gasteiger partial charge in [0.05, 0.1) is 5.56 Å². The molecule has 4 rings (SSSR count). The van der Waals surface area contributed by atoms with Crippen LogP contribution >= 0.6 is 0 Å². The molecule has 0 spiro atoms. The zero-order valence-electron chi connectivity index (χ0n) is 22.5. The van der Waals surface area contributed by atoms with Crippen molar-refractivity contribution in [2.45, 2.75) is 77.7 Å². The molecule has 1 aliphatic carbocycles. The van der Waals surface area contributed by atoms with Crippen molar-refractivity contribution in [2.75, 3.05) is 13.1 Å². The number of carbonyl (C=O) groups excluding carboxylic acids is 1. The maximum Gasteiger partial charge on any atom is 0.335 e. The number of carboxylic acid groups (broad SMARTS) is 1. The van der Waals surface area contributed by atoms with Crippen LogP contribution < -0.4 is 0 Å². The van der Waals surface area contributed by atoms with Gasteiger partial charge in [0.1, 0.15) is 0 Å². The Morgan fingerprint density at radius 2 is 1.64 bits per heavy atom. The van der Waals surface area contributed by atoms with Gasteiger partial charge in [-0.05, 0) is 102 Å². The average Bonchev–Trinajstić information content (AvgIpc) is 2.85. The number of aromatic carboxylic acids is 1. The summed E-state index contributed by atoms with van der Waals surface area (Å²) in [4.78, 5) is 27.0. The van der Waals surface area contributed by atoms with Gasteiger partial charge in [-0.1, -0.05) is 52.0 Å². The minimum atomic E-state index is -0.956. The first-order valence-electron chi connectivity index (χ1n) is 13.1. The van der Waals surface area contributed by atoms with Crippen LogP contribution in [0.5, 0.6) is 0 Å². The van der Waals surface area contributed by atoms with E-state index in [0.29, 0.717) is 6.04 Å². The number of benzene rings is 2. The van der Waals surface area contributed by atoms with Crippen LogP contribution in [0.1, 0.15) is 104 Å². The lowest BCUT2D eigenvalue weighted by atomic mass is 9.61. The van der Waals surface area contributed by atoms with E-state index in [-0.39, 0.29) is 22.2 Å². The number of carboxylic acids is 1. The van der Waals surface area contributed by atoms with E-state index < -0.39 is 5.97 Å². The van der Waals surface area contributed by atoms with Crippen molar-refractivity contribution in [3.63, 3.8) is 0 Å². The van der Waals surface area contributed by atoms with Gasteiger partial charge in [-0.25, -0.2) is 4.79 Å². The molecule has 2 aliphatic rings. The Labute approximate surface area is 215 Å². The van der Waals surface area contributed by atoms with E-state index in [9.17, 15) is 9.59 Å². The molecular formula is C32H39NO3. The summed E-state index contributed by atoms with van der Waals surface area (Å²) in [6, 6.07) is 11.3. The van der Waals surface area contributed by atoms with Crippen LogP contribution in [0.15, 0.2) is 48.6 Å². The number of allylic oxidation sites excluding steroid dienone is 1. The Kier molecular flexibility index (Phi) is 7.12. The molecule has 0 radical (unpaired) electrons. The molecule has 0 fully saturated rings. The summed E-state index contributed by atoms with van der Waals surface area (Å²) in [5.41, 5.74) is 7.13. The molecule has 0 bridgehead atoms. The summed E-state index contributed by atoms with van der Waals surface area (Å²) in [6.45, 7) is 15.7. The van der Waals surface area contributed by atoms with E-state index >= 15 is 0 Å². The van der Waals surface area contributed by atoms with Gasteiger partial charge in [0, 0.05) is 24.7 Å². The van der Waals surface area contributed by atoms with E-state index in [2.05, 4.69) is 64.7 Å². The van der Waals surface area contributed by atoms with Gasteiger partial charge in [0.2, 0.25) is 0 Å². The van der Waals surface area contributed by atoms with E-state index in [1.54, 1.807) is 36.4 Å². The molecule has 1 N–H and O–H groups in total. The highest BCUT2D eigenvalue weighted by Gasteiger charge is 2.40. The second kappa shape index (κ2) is 9.82. The third-order valence-corrected chi connectivity index (χ3v) is 8.11. The number of hydrogen-bond donors (Lipinski definition) is 1. The van der Waals surface area contributed by atoms with E-state index in [1.165, 1.54) is 22.3 Å². The standard InChI is InChI=1S/C32H39NO3/c1-21(2)33-17-13-23(14-18-33)26-19-25(20-27-29(26)32(5,6)16-15-31(27,3)4)28(34)12-9-22-7-10-24(11-8-22)30(35)36/h7-13,19-21H,14-18H2,1-6H3,(H,35,36)/b12-9+. The van der Waals surface area contributed by atoms with Crippen LogP contribution in [0, 0.1) is 0 Å². The lowest BCUT2D eigenvalue weighted by Gasteiger charge is -2.44. The third kappa shape index (κ3) is 5.24. The molecule has 0 atom stereocenters. The molecule has 0 saturated heterocycles. The summed E-state index contributed by atoms with van der Waals surface area (Å²) in [5, 5.41) is 9.11. The van der Waals surface area contributed by atoms with Crippen LogP contribution in [0.2, 0.25) is 0 Å². The molecule has 0 amide bonds. The molecule has 1 heterocycles. The Hall–Kier alpha value is -2.98. The molecular weight excluding hydrogens is 446 g/mol. The molecule has 2 aromatic carbocycles. The molecule has 0 unspecified atom stereocenters. The normalized spacial score (nSPS) is 19.2. The van der Waals surface area contributed by atoms with Crippen LogP contribution in [-0.4, -0.2) is 40.9 Å². The molecule has 0 aromatic heterocycles. The summed E-state index contributed by atoms with van der Waals surface area (Å²) in [5.74, 6) is -0.983. The molecule has 2 aromatic rings. The highest BCUT2D eigenvalue weighted by molar-refractivity contribution is 6.07. The van der Waals surface area contributed by atoms with Crippen molar-refractivity contribution in [1.29, 1.82) is 0 Å². The van der Waals surface area contributed by atoms with Gasteiger partial charge in [0.25, 0.3) is 0 Å². The summed E-state index contributed by atoms with van der Waals surface area (Å²) < 4.78 is 0. The Balaban J connectivity index is 1.76. The van der Waals surface area contributed by atoms with Crippen LogP contribution in [0.25, 0.3) is 11.6 Å². The molecule has 190 valence electrons. The fourth-order valence-corrected chi connectivity index (χ4v) is 5.59. The first-order chi connectivity index (χ1) is 16.9. The van der Waals surface area contributed by atoms with E-state index in [4.69, 9.17) is 5.11 Å². The Morgan fingerprint density at radius 1 is 0.972 bits per heavy atom. The Bertz CT molecular complexity index is 1230. The smallest absolute Gasteiger partial charge is 0.335 e. The molecule has 1 aliphatic heterocycles. The summed E-state index contributed by atoms with van der Waals surface area (Å²) in [7, 11) is 0. The largest absolute Gasteiger partial charge is 0.478 e. The number of nitrogens with zero attached hydrogens (tertiary/aromatic N) is 1. The number of ketones is 1. The Morgan fingerprint density at radius 3 is 2.22 bits per heavy atom. The fraction of sp³-hybridized carbons (Fsp3) is 0.438. The minimum absolute atomic E-state index is 0.00542. The van der Waals surface area contributed by atoms with Crippen molar-refractivity contribution in [3.05, 3.63) is 81.9 Å². The van der Waals surface area contributed by atoms with E-state index in [1.807, 2.05) is 0 Å². The molecule has 4 nitrogen and oxygen atoms in total. The highest BCUT2D eigenvalue weighted by Crippen LogP contribution is 2.49. The van der Waals surface area contributed by atoms with Crippen LogP contribution in [-0.2, 0) is 10.8 Å². The molecule has 36 heavy (non-hydrogen) atoms. The maximum atomic E-state index is 13.4. The summed E-state index contributed by atoms with van der Waals surface area (Å²) >= 11 is 0. The third-order valence-electron chi connectivity index (χ3n) is 8.11. The topological polar surface area (TPSA) is 57.6 Å². The summed E-state index contributed by atoms with van der Waals surface area (Å²) in [6.07, 6.45) is 8.96. The predicted molar refractivity (Wildman–Crippen MR) is 148 cm³/mol. The van der Waals surface area contributed by atoms with Crippen LogP contribution in [0.3, 0.4) is 0 Å².